The van der Waals surface area contributed by atoms with Gasteiger partial charge in [0.15, 0.2) is 6.61 Å². The molecule has 1 atom stereocenters. The van der Waals surface area contributed by atoms with Gasteiger partial charge in [0.1, 0.15) is 11.8 Å². The maximum atomic E-state index is 11.5. The molecule has 0 bridgehead atoms. The summed E-state index contributed by atoms with van der Waals surface area (Å²) in [5.74, 6) is -1.18. The highest BCUT2D eigenvalue weighted by Crippen LogP contribution is 2.11. The average Bonchev–Trinajstić information content (AvgIpc) is 2.36. The molecule has 1 aromatic carbocycles. The van der Waals surface area contributed by atoms with Crippen LogP contribution in [-0.2, 0) is 9.59 Å². The van der Waals surface area contributed by atoms with E-state index in [9.17, 15) is 9.59 Å². The molecule has 0 radical (unpaired) electrons. The minimum atomic E-state index is -1.18. The summed E-state index contributed by atoms with van der Waals surface area (Å²) >= 11 is 0. The largest absolute Gasteiger partial charge is 0.484 e. The van der Waals surface area contributed by atoms with Gasteiger partial charge in [0.05, 0.1) is 0 Å². The van der Waals surface area contributed by atoms with Gasteiger partial charge in [-0.05, 0) is 24.6 Å². The van der Waals surface area contributed by atoms with Crippen molar-refractivity contribution >= 4 is 11.9 Å². The third-order valence-corrected chi connectivity index (χ3v) is 2.41. The number of rotatable bonds is 7. The Morgan fingerprint density at radius 3 is 2.74 bits per heavy atom. The maximum Gasteiger partial charge on any atom is 0.326 e. The summed E-state index contributed by atoms with van der Waals surface area (Å²) in [6, 6.07) is 6.08. The summed E-state index contributed by atoms with van der Waals surface area (Å²) in [6.45, 7) is 1.32. The second kappa shape index (κ2) is 7.38. The second-order valence-electron chi connectivity index (χ2n) is 4.08. The third kappa shape index (κ3) is 5.39. The molecule has 0 aliphatic carbocycles. The number of aliphatic hydroxyl groups is 1. The Kier molecular flexibility index (Phi) is 5.81. The lowest BCUT2D eigenvalue weighted by atomic mass is 10.2. The van der Waals surface area contributed by atoms with Crippen molar-refractivity contribution in [1.82, 2.24) is 5.32 Å². The summed E-state index contributed by atoms with van der Waals surface area (Å²) in [6.07, 6.45) is -0.0362. The Bertz CT molecular complexity index is 446. The summed E-state index contributed by atoms with van der Waals surface area (Å²) in [4.78, 5) is 22.3. The molecule has 19 heavy (non-hydrogen) atoms. The number of ether oxygens (including phenoxy) is 1. The Morgan fingerprint density at radius 1 is 1.42 bits per heavy atom. The number of amides is 1. The van der Waals surface area contributed by atoms with Gasteiger partial charge in [0.25, 0.3) is 5.91 Å². The van der Waals surface area contributed by atoms with Crippen molar-refractivity contribution in [3.05, 3.63) is 29.8 Å². The van der Waals surface area contributed by atoms with Crippen LogP contribution in [0.3, 0.4) is 0 Å². The Morgan fingerprint density at radius 2 is 2.16 bits per heavy atom. The summed E-state index contributed by atoms with van der Waals surface area (Å²) in [5.41, 5.74) is 1.00. The Labute approximate surface area is 111 Å². The van der Waals surface area contributed by atoms with Crippen LogP contribution in [0.2, 0.25) is 0 Å². The molecule has 0 spiro atoms. The number of carboxylic acids is 1. The molecule has 0 unspecified atom stereocenters. The van der Waals surface area contributed by atoms with E-state index in [0.717, 1.165) is 5.56 Å². The fourth-order valence-corrected chi connectivity index (χ4v) is 1.48. The number of nitrogens with one attached hydrogen (secondary N) is 1. The van der Waals surface area contributed by atoms with Crippen molar-refractivity contribution in [2.45, 2.75) is 19.4 Å². The molecule has 0 fully saturated rings. The predicted octanol–water partition coefficient (Wildman–Crippen LogP) is 0.326. The molecular formula is C13H17NO5. The van der Waals surface area contributed by atoms with Gasteiger partial charge in [0, 0.05) is 13.0 Å². The van der Waals surface area contributed by atoms with Crippen molar-refractivity contribution in [3.63, 3.8) is 0 Å². The van der Waals surface area contributed by atoms with Crippen LogP contribution in [-0.4, -0.2) is 41.3 Å². The van der Waals surface area contributed by atoms with Crippen molar-refractivity contribution < 1.29 is 24.5 Å². The molecule has 104 valence electrons. The van der Waals surface area contributed by atoms with E-state index in [1.54, 1.807) is 18.2 Å². The predicted molar refractivity (Wildman–Crippen MR) is 67.9 cm³/mol. The van der Waals surface area contributed by atoms with Gasteiger partial charge in [-0.3, -0.25) is 4.79 Å². The van der Waals surface area contributed by atoms with Crippen LogP contribution in [0.4, 0.5) is 0 Å². The van der Waals surface area contributed by atoms with Crippen LogP contribution >= 0.6 is 0 Å². The number of benzene rings is 1. The fourth-order valence-electron chi connectivity index (χ4n) is 1.48. The summed E-state index contributed by atoms with van der Waals surface area (Å²) < 4.78 is 5.24. The molecule has 1 amide bonds. The number of hydrogen-bond acceptors (Lipinski definition) is 4. The topological polar surface area (TPSA) is 95.9 Å². The van der Waals surface area contributed by atoms with E-state index in [4.69, 9.17) is 14.9 Å². The third-order valence-electron chi connectivity index (χ3n) is 2.41. The lowest BCUT2D eigenvalue weighted by Crippen LogP contribution is -2.43. The molecule has 6 nitrogen and oxygen atoms in total. The number of carbonyl (C=O) groups excluding carboxylic acids is 1. The van der Waals surface area contributed by atoms with Gasteiger partial charge in [-0.1, -0.05) is 12.1 Å². The fraction of sp³-hybridized carbons (Fsp3) is 0.385. The van der Waals surface area contributed by atoms with Crippen LogP contribution in [0, 0.1) is 6.92 Å². The molecule has 3 N–H and O–H groups in total. The number of aliphatic hydroxyl groups excluding tert-OH is 1. The van der Waals surface area contributed by atoms with E-state index in [1.807, 2.05) is 13.0 Å². The number of carbonyl (C=O) groups is 2. The minimum Gasteiger partial charge on any atom is -0.484 e. The first-order valence-corrected chi connectivity index (χ1v) is 5.85. The molecule has 0 saturated heterocycles. The van der Waals surface area contributed by atoms with Crippen molar-refractivity contribution in [2.75, 3.05) is 13.2 Å². The first kappa shape index (κ1) is 15.0. The molecule has 1 aromatic rings. The maximum absolute atomic E-state index is 11.5. The van der Waals surface area contributed by atoms with E-state index in [1.165, 1.54) is 0 Å². The van der Waals surface area contributed by atoms with Crippen LogP contribution in [0.15, 0.2) is 24.3 Å². The van der Waals surface area contributed by atoms with Crippen LogP contribution in [0.5, 0.6) is 5.75 Å². The molecule has 0 aliphatic heterocycles. The number of aryl methyl sites for hydroxylation is 1. The monoisotopic (exact) mass is 267 g/mol. The van der Waals surface area contributed by atoms with Gasteiger partial charge in [0.2, 0.25) is 0 Å². The number of aliphatic carboxylic acids is 1. The quantitative estimate of drug-likeness (QED) is 0.661. The average molecular weight is 267 g/mol. The Balaban J connectivity index is 2.44. The lowest BCUT2D eigenvalue weighted by Gasteiger charge is -2.13. The minimum absolute atomic E-state index is 0.0362. The first-order valence-electron chi connectivity index (χ1n) is 5.85. The van der Waals surface area contributed by atoms with E-state index in [2.05, 4.69) is 5.32 Å². The van der Waals surface area contributed by atoms with Gasteiger partial charge >= 0.3 is 5.97 Å². The van der Waals surface area contributed by atoms with E-state index < -0.39 is 17.9 Å². The van der Waals surface area contributed by atoms with Crippen molar-refractivity contribution in [2.24, 2.45) is 0 Å². The van der Waals surface area contributed by atoms with E-state index >= 15 is 0 Å². The molecule has 0 aromatic heterocycles. The van der Waals surface area contributed by atoms with Crippen molar-refractivity contribution in [1.29, 1.82) is 0 Å². The molecule has 0 aliphatic rings. The molecule has 6 heteroatoms. The number of hydrogen-bond donors (Lipinski definition) is 3. The zero-order valence-electron chi connectivity index (χ0n) is 10.6. The van der Waals surface area contributed by atoms with E-state index in [-0.39, 0.29) is 19.6 Å². The van der Waals surface area contributed by atoms with Crippen LogP contribution in [0.1, 0.15) is 12.0 Å². The summed E-state index contributed by atoms with van der Waals surface area (Å²) in [5, 5.41) is 19.8. The van der Waals surface area contributed by atoms with Gasteiger partial charge in [-0.2, -0.15) is 0 Å². The van der Waals surface area contributed by atoms with Gasteiger partial charge in [-0.25, -0.2) is 4.79 Å². The van der Waals surface area contributed by atoms with Gasteiger partial charge in [-0.15, -0.1) is 0 Å². The molecule has 1 rings (SSSR count). The second-order valence-corrected chi connectivity index (χ2v) is 4.08. The highest BCUT2D eigenvalue weighted by Gasteiger charge is 2.19. The van der Waals surface area contributed by atoms with Gasteiger partial charge < -0.3 is 20.3 Å². The van der Waals surface area contributed by atoms with E-state index in [0.29, 0.717) is 5.75 Å². The zero-order valence-corrected chi connectivity index (χ0v) is 10.6. The standard InChI is InChI=1S/C13H17NO5/c1-9-3-2-4-10(7-9)19-8-12(16)14-11(5-6-15)13(17)18/h2-4,7,11,15H,5-6,8H2,1H3,(H,14,16)(H,17,18)/t11-/m1/s1. The smallest absolute Gasteiger partial charge is 0.326 e. The highest BCUT2D eigenvalue weighted by molar-refractivity contribution is 5.84. The zero-order chi connectivity index (χ0) is 14.3. The van der Waals surface area contributed by atoms with Crippen molar-refractivity contribution in [3.8, 4) is 5.75 Å². The number of carboxylic acid groups (broad SMARTS) is 1. The van der Waals surface area contributed by atoms with Crippen LogP contribution < -0.4 is 10.1 Å². The Hall–Kier alpha value is -2.08. The summed E-state index contributed by atoms with van der Waals surface area (Å²) in [7, 11) is 0. The first-order chi connectivity index (χ1) is 9.02. The molecule has 0 saturated carbocycles. The van der Waals surface area contributed by atoms with Crippen LogP contribution in [0.25, 0.3) is 0 Å². The molecular weight excluding hydrogens is 250 g/mol. The highest BCUT2D eigenvalue weighted by atomic mass is 16.5. The molecule has 0 heterocycles. The normalized spacial score (nSPS) is 11.7. The SMILES string of the molecule is Cc1cccc(OCC(=O)N[C@H](CCO)C(=O)O)c1. The lowest BCUT2D eigenvalue weighted by molar-refractivity contribution is -0.142.